The van der Waals surface area contributed by atoms with E-state index in [1.165, 1.54) is 0 Å². The fraction of sp³-hybridized carbons (Fsp3) is 0.588. The molecule has 128 valence electrons. The Kier molecular flexibility index (Phi) is 7.15. The molecule has 1 aliphatic rings. The number of halogens is 1. The van der Waals surface area contributed by atoms with Gasteiger partial charge in [-0.05, 0) is 37.8 Å². The molecule has 0 aromatic heterocycles. The van der Waals surface area contributed by atoms with Crippen LogP contribution in [0.25, 0.3) is 0 Å². The normalized spacial score (nSPS) is 20.5. The van der Waals surface area contributed by atoms with Gasteiger partial charge in [0, 0.05) is 19.1 Å². The van der Waals surface area contributed by atoms with Crippen molar-refractivity contribution < 1.29 is 14.3 Å². The van der Waals surface area contributed by atoms with Crippen LogP contribution >= 0.6 is 11.6 Å². The number of hydrogen-bond donors (Lipinski definition) is 2. The molecule has 2 atom stereocenters. The molecule has 0 saturated heterocycles. The number of benzene rings is 1. The van der Waals surface area contributed by atoms with Crippen molar-refractivity contribution in [2.24, 2.45) is 11.7 Å². The van der Waals surface area contributed by atoms with Gasteiger partial charge in [0.2, 0.25) is 5.91 Å². The molecule has 0 bridgehead atoms. The number of rotatable bonds is 8. The monoisotopic (exact) mass is 340 g/mol. The molecule has 1 aliphatic carbocycles. The van der Waals surface area contributed by atoms with E-state index in [0.29, 0.717) is 42.7 Å². The zero-order valence-electron chi connectivity index (χ0n) is 13.5. The summed E-state index contributed by atoms with van der Waals surface area (Å²) in [5.74, 6) is 0.693. The summed E-state index contributed by atoms with van der Waals surface area (Å²) in [5, 5.41) is 3.36. The van der Waals surface area contributed by atoms with Crippen LogP contribution in [-0.4, -0.2) is 31.8 Å². The van der Waals surface area contributed by atoms with Crippen LogP contribution in [0.1, 0.15) is 32.6 Å². The first-order valence-corrected chi connectivity index (χ1v) is 8.54. The van der Waals surface area contributed by atoms with Gasteiger partial charge < -0.3 is 20.5 Å². The third kappa shape index (κ3) is 5.37. The van der Waals surface area contributed by atoms with Crippen LogP contribution in [0.4, 0.5) is 5.69 Å². The quantitative estimate of drug-likeness (QED) is 0.713. The summed E-state index contributed by atoms with van der Waals surface area (Å²) in [6.07, 6.45) is 3.55. The zero-order valence-corrected chi connectivity index (χ0v) is 14.3. The Bertz CT molecular complexity index is 525. The molecule has 23 heavy (non-hydrogen) atoms. The molecule has 0 radical (unpaired) electrons. The number of carbonyl (C=O) groups excluding carboxylic acids is 1. The van der Waals surface area contributed by atoms with Gasteiger partial charge in [0.25, 0.3) is 0 Å². The molecule has 2 rings (SSSR count). The van der Waals surface area contributed by atoms with Crippen molar-refractivity contribution >= 4 is 23.2 Å². The lowest BCUT2D eigenvalue weighted by Crippen LogP contribution is -2.28. The Morgan fingerprint density at radius 1 is 1.39 bits per heavy atom. The smallest absolute Gasteiger partial charge is 0.224 e. The van der Waals surface area contributed by atoms with Crippen LogP contribution in [0, 0.1) is 5.92 Å². The van der Waals surface area contributed by atoms with E-state index in [-0.39, 0.29) is 17.9 Å². The van der Waals surface area contributed by atoms with Crippen molar-refractivity contribution in [2.45, 2.75) is 38.6 Å². The molecule has 6 heteroatoms. The number of anilines is 1. The van der Waals surface area contributed by atoms with Crippen LogP contribution in [0.15, 0.2) is 18.2 Å². The van der Waals surface area contributed by atoms with Gasteiger partial charge >= 0.3 is 0 Å². The zero-order chi connectivity index (χ0) is 16.7. The molecular formula is C17H25ClN2O3. The van der Waals surface area contributed by atoms with Gasteiger partial charge in [0.05, 0.1) is 17.3 Å². The van der Waals surface area contributed by atoms with E-state index < -0.39 is 0 Å². The molecule has 0 aliphatic heterocycles. The first-order chi connectivity index (χ1) is 11.1. The van der Waals surface area contributed by atoms with E-state index in [9.17, 15) is 4.79 Å². The summed E-state index contributed by atoms with van der Waals surface area (Å²) in [5.41, 5.74) is 6.62. The van der Waals surface area contributed by atoms with Crippen molar-refractivity contribution in [3.8, 4) is 5.75 Å². The van der Waals surface area contributed by atoms with Crippen molar-refractivity contribution in [1.82, 2.24) is 0 Å². The highest BCUT2D eigenvalue weighted by Gasteiger charge is 2.26. The third-order valence-corrected chi connectivity index (χ3v) is 4.38. The highest BCUT2D eigenvalue weighted by Crippen LogP contribution is 2.34. The molecule has 0 unspecified atom stereocenters. The van der Waals surface area contributed by atoms with Gasteiger partial charge in [-0.15, -0.1) is 0 Å². The molecule has 0 heterocycles. The molecule has 1 saturated carbocycles. The van der Waals surface area contributed by atoms with Crippen molar-refractivity contribution in [3.05, 3.63) is 23.2 Å². The average Bonchev–Trinajstić information content (AvgIpc) is 2.91. The summed E-state index contributed by atoms with van der Waals surface area (Å²) in [7, 11) is 0. The van der Waals surface area contributed by atoms with E-state index in [1.54, 1.807) is 18.2 Å². The van der Waals surface area contributed by atoms with Gasteiger partial charge in [0.15, 0.2) is 5.75 Å². The molecular weight excluding hydrogens is 316 g/mol. The first-order valence-electron chi connectivity index (χ1n) is 8.16. The molecule has 1 fully saturated rings. The number of carbonyl (C=O) groups is 1. The fourth-order valence-electron chi connectivity index (χ4n) is 2.86. The molecule has 5 nitrogen and oxygen atoms in total. The Hall–Kier alpha value is -1.30. The molecule has 1 aromatic rings. The van der Waals surface area contributed by atoms with Crippen LogP contribution in [0.5, 0.6) is 5.75 Å². The second-order valence-corrected chi connectivity index (χ2v) is 6.18. The van der Waals surface area contributed by atoms with Gasteiger partial charge in [-0.2, -0.15) is 0 Å². The SMILES string of the molecule is CCOCCOc1c(Cl)cccc1NC(=O)C[C@@H]1CCC[C@H]1N. The van der Waals surface area contributed by atoms with E-state index in [4.69, 9.17) is 26.8 Å². The van der Waals surface area contributed by atoms with Crippen molar-refractivity contribution in [3.63, 3.8) is 0 Å². The lowest BCUT2D eigenvalue weighted by Gasteiger charge is -2.17. The highest BCUT2D eigenvalue weighted by molar-refractivity contribution is 6.32. The number of nitrogens with two attached hydrogens (primary N) is 1. The van der Waals surface area contributed by atoms with Crippen LogP contribution in [-0.2, 0) is 9.53 Å². The number of amides is 1. The largest absolute Gasteiger partial charge is 0.487 e. The Balaban J connectivity index is 1.95. The number of hydrogen-bond acceptors (Lipinski definition) is 4. The molecule has 1 aromatic carbocycles. The van der Waals surface area contributed by atoms with Crippen LogP contribution in [0.2, 0.25) is 5.02 Å². The van der Waals surface area contributed by atoms with Crippen LogP contribution < -0.4 is 15.8 Å². The fourth-order valence-corrected chi connectivity index (χ4v) is 3.09. The van der Waals surface area contributed by atoms with Crippen molar-refractivity contribution in [2.75, 3.05) is 25.1 Å². The topological polar surface area (TPSA) is 73.6 Å². The van der Waals surface area contributed by atoms with Gasteiger partial charge in [-0.25, -0.2) is 0 Å². The average molecular weight is 341 g/mol. The maximum atomic E-state index is 12.3. The minimum atomic E-state index is -0.0516. The van der Waals surface area contributed by atoms with E-state index >= 15 is 0 Å². The summed E-state index contributed by atoms with van der Waals surface area (Å²) in [6.45, 7) is 3.42. The predicted molar refractivity (Wildman–Crippen MR) is 92.0 cm³/mol. The van der Waals surface area contributed by atoms with Gasteiger partial charge in [-0.1, -0.05) is 24.1 Å². The maximum Gasteiger partial charge on any atom is 0.224 e. The summed E-state index contributed by atoms with van der Waals surface area (Å²) in [6, 6.07) is 5.44. The van der Waals surface area contributed by atoms with E-state index in [1.807, 2.05) is 6.92 Å². The molecule has 0 spiro atoms. The lowest BCUT2D eigenvalue weighted by atomic mass is 10.00. The summed E-state index contributed by atoms with van der Waals surface area (Å²) in [4.78, 5) is 12.3. The predicted octanol–water partition coefficient (Wildman–Crippen LogP) is 3.21. The summed E-state index contributed by atoms with van der Waals surface area (Å²) < 4.78 is 10.9. The second-order valence-electron chi connectivity index (χ2n) is 5.77. The minimum Gasteiger partial charge on any atom is -0.487 e. The maximum absolute atomic E-state index is 12.3. The van der Waals surface area contributed by atoms with Crippen molar-refractivity contribution in [1.29, 1.82) is 0 Å². The Morgan fingerprint density at radius 3 is 2.91 bits per heavy atom. The summed E-state index contributed by atoms with van der Waals surface area (Å²) >= 11 is 6.18. The minimum absolute atomic E-state index is 0.0516. The standard InChI is InChI=1S/C17H25ClN2O3/c1-2-22-9-10-23-17-13(18)6-4-8-15(17)20-16(21)11-12-5-3-7-14(12)19/h4,6,8,12,14H,2-3,5,7,9-11,19H2,1H3,(H,20,21)/t12-,14+/m0/s1. The second kappa shape index (κ2) is 9.11. The number of para-hydroxylation sites is 1. The van der Waals surface area contributed by atoms with Gasteiger partial charge in [0.1, 0.15) is 6.61 Å². The Morgan fingerprint density at radius 2 is 2.22 bits per heavy atom. The highest BCUT2D eigenvalue weighted by atomic mass is 35.5. The molecule has 3 N–H and O–H groups in total. The van der Waals surface area contributed by atoms with E-state index in [0.717, 1.165) is 19.3 Å². The number of ether oxygens (including phenoxy) is 2. The first kappa shape index (κ1) is 18.0. The van der Waals surface area contributed by atoms with Crippen LogP contribution in [0.3, 0.4) is 0 Å². The number of nitrogens with one attached hydrogen (secondary N) is 1. The Labute approximate surface area is 142 Å². The lowest BCUT2D eigenvalue weighted by molar-refractivity contribution is -0.117. The molecule has 1 amide bonds. The third-order valence-electron chi connectivity index (χ3n) is 4.08. The van der Waals surface area contributed by atoms with Gasteiger partial charge in [-0.3, -0.25) is 4.79 Å². The van der Waals surface area contributed by atoms with E-state index in [2.05, 4.69) is 5.32 Å².